The van der Waals surface area contributed by atoms with Crippen LogP contribution in [-0.4, -0.2) is 68.8 Å². The Labute approximate surface area is 184 Å². The van der Waals surface area contributed by atoms with Gasteiger partial charge in [0, 0.05) is 46.0 Å². The molecule has 8 heteroatoms. The van der Waals surface area contributed by atoms with Gasteiger partial charge in [-0.15, -0.1) is 0 Å². The number of rotatable bonds is 10. The van der Waals surface area contributed by atoms with Gasteiger partial charge >= 0.3 is 0 Å². The Morgan fingerprint density at radius 3 is 2.58 bits per heavy atom. The zero-order valence-corrected chi connectivity index (χ0v) is 18.2. The quantitative estimate of drug-likeness (QED) is 0.307. The highest BCUT2D eigenvalue weighted by Gasteiger charge is 2.23. The molecule has 0 amide bonds. The SMILES string of the molecule is CN=C(NCCCCNc1ccccn1)NCC(c1ccc(F)cc1)N1CCOCC1. The summed E-state index contributed by atoms with van der Waals surface area (Å²) in [5.74, 6) is 1.47. The standard InChI is InChI=1S/C23H33FN6O/c1-25-23(28-13-5-4-12-27-22-6-2-3-11-26-22)29-18-21(30-14-16-31-17-15-30)19-7-9-20(24)10-8-19/h2-3,6-11,21H,4-5,12-18H2,1H3,(H,26,27)(H2,25,28,29). The fourth-order valence-corrected chi connectivity index (χ4v) is 3.59. The molecular weight excluding hydrogens is 395 g/mol. The number of hydrogen-bond acceptors (Lipinski definition) is 5. The van der Waals surface area contributed by atoms with Crippen LogP contribution in [0.3, 0.4) is 0 Å². The Morgan fingerprint density at radius 1 is 1.10 bits per heavy atom. The van der Waals surface area contributed by atoms with Gasteiger partial charge in [0.05, 0.1) is 19.3 Å². The fourth-order valence-electron chi connectivity index (χ4n) is 3.59. The normalized spacial score (nSPS) is 16.0. The van der Waals surface area contributed by atoms with E-state index in [0.29, 0.717) is 6.54 Å². The first-order valence-corrected chi connectivity index (χ1v) is 10.9. The van der Waals surface area contributed by atoms with E-state index in [1.165, 1.54) is 12.1 Å². The summed E-state index contributed by atoms with van der Waals surface area (Å²) < 4.78 is 18.9. The van der Waals surface area contributed by atoms with Crippen LogP contribution in [0.5, 0.6) is 0 Å². The molecule has 1 aliphatic heterocycles. The number of nitrogens with one attached hydrogen (secondary N) is 3. The minimum absolute atomic E-state index is 0.130. The van der Waals surface area contributed by atoms with Crippen LogP contribution in [0.1, 0.15) is 24.4 Å². The van der Waals surface area contributed by atoms with E-state index in [9.17, 15) is 4.39 Å². The molecule has 1 unspecified atom stereocenters. The maximum atomic E-state index is 13.4. The van der Waals surface area contributed by atoms with Crippen molar-refractivity contribution < 1.29 is 9.13 Å². The van der Waals surface area contributed by atoms with Crippen molar-refractivity contribution in [3.63, 3.8) is 0 Å². The number of guanidine groups is 1. The van der Waals surface area contributed by atoms with Crippen molar-refractivity contribution in [1.82, 2.24) is 20.5 Å². The highest BCUT2D eigenvalue weighted by Crippen LogP contribution is 2.21. The van der Waals surface area contributed by atoms with Gasteiger partial charge in [0.15, 0.2) is 5.96 Å². The van der Waals surface area contributed by atoms with Gasteiger partial charge in [0.2, 0.25) is 0 Å². The molecule has 0 radical (unpaired) electrons. The molecule has 7 nitrogen and oxygen atoms in total. The number of pyridine rings is 1. The monoisotopic (exact) mass is 428 g/mol. The number of nitrogens with zero attached hydrogens (tertiary/aromatic N) is 3. The Bertz CT molecular complexity index is 780. The van der Waals surface area contributed by atoms with Gasteiger partial charge in [0.1, 0.15) is 11.6 Å². The molecule has 1 atom stereocenters. The van der Waals surface area contributed by atoms with Crippen LogP contribution in [0, 0.1) is 5.82 Å². The highest BCUT2D eigenvalue weighted by molar-refractivity contribution is 5.79. The van der Waals surface area contributed by atoms with E-state index in [-0.39, 0.29) is 11.9 Å². The van der Waals surface area contributed by atoms with Crippen LogP contribution in [-0.2, 0) is 4.74 Å². The van der Waals surface area contributed by atoms with Gasteiger partial charge in [-0.05, 0) is 42.7 Å². The molecule has 0 spiro atoms. The van der Waals surface area contributed by atoms with E-state index < -0.39 is 0 Å². The second kappa shape index (κ2) is 12.9. The molecule has 2 aromatic rings. The smallest absolute Gasteiger partial charge is 0.191 e. The van der Waals surface area contributed by atoms with E-state index in [2.05, 4.69) is 30.8 Å². The van der Waals surface area contributed by atoms with Crippen LogP contribution in [0.2, 0.25) is 0 Å². The van der Waals surface area contributed by atoms with Crippen LogP contribution in [0.25, 0.3) is 0 Å². The minimum Gasteiger partial charge on any atom is -0.379 e. The molecule has 0 aliphatic carbocycles. The van der Waals surface area contributed by atoms with Crippen molar-refractivity contribution in [2.75, 3.05) is 58.3 Å². The third kappa shape index (κ3) is 7.80. The Kier molecular flexibility index (Phi) is 9.53. The number of halogens is 1. The number of unbranched alkanes of at least 4 members (excludes halogenated alkanes) is 1. The van der Waals surface area contributed by atoms with Gasteiger partial charge in [-0.2, -0.15) is 0 Å². The van der Waals surface area contributed by atoms with Gasteiger partial charge in [0.25, 0.3) is 0 Å². The lowest BCUT2D eigenvalue weighted by Gasteiger charge is -2.35. The first-order valence-electron chi connectivity index (χ1n) is 10.9. The molecule has 1 aromatic carbocycles. The third-order valence-electron chi connectivity index (χ3n) is 5.29. The summed E-state index contributed by atoms with van der Waals surface area (Å²) in [6, 6.07) is 12.8. The summed E-state index contributed by atoms with van der Waals surface area (Å²) in [5, 5.41) is 10.1. The van der Waals surface area contributed by atoms with Crippen molar-refractivity contribution in [3.05, 3.63) is 60.0 Å². The fraction of sp³-hybridized carbons (Fsp3) is 0.478. The first kappa shape index (κ1) is 23.0. The zero-order valence-electron chi connectivity index (χ0n) is 18.2. The van der Waals surface area contributed by atoms with Crippen molar-refractivity contribution >= 4 is 11.8 Å². The number of morpholine rings is 1. The van der Waals surface area contributed by atoms with E-state index >= 15 is 0 Å². The topological polar surface area (TPSA) is 73.8 Å². The van der Waals surface area contributed by atoms with Crippen LogP contribution >= 0.6 is 0 Å². The molecule has 1 aliphatic rings. The lowest BCUT2D eigenvalue weighted by atomic mass is 10.0. The highest BCUT2D eigenvalue weighted by atomic mass is 19.1. The largest absolute Gasteiger partial charge is 0.379 e. The van der Waals surface area contributed by atoms with E-state index in [4.69, 9.17) is 4.74 Å². The molecule has 3 rings (SSSR count). The van der Waals surface area contributed by atoms with E-state index in [0.717, 1.165) is 69.6 Å². The third-order valence-corrected chi connectivity index (χ3v) is 5.29. The molecular formula is C23H33FN6O. The zero-order chi connectivity index (χ0) is 21.7. The van der Waals surface area contributed by atoms with Crippen LogP contribution in [0.4, 0.5) is 10.2 Å². The van der Waals surface area contributed by atoms with Gasteiger partial charge in [-0.3, -0.25) is 9.89 Å². The van der Waals surface area contributed by atoms with E-state index in [1.807, 2.05) is 30.3 Å². The maximum absolute atomic E-state index is 13.4. The van der Waals surface area contributed by atoms with Gasteiger partial charge in [-0.25, -0.2) is 9.37 Å². The second-order valence-corrected chi connectivity index (χ2v) is 7.44. The van der Waals surface area contributed by atoms with Crippen LogP contribution < -0.4 is 16.0 Å². The predicted octanol–water partition coefficient (Wildman–Crippen LogP) is 2.65. The number of hydrogen-bond donors (Lipinski definition) is 3. The van der Waals surface area contributed by atoms with Gasteiger partial charge < -0.3 is 20.7 Å². The number of aliphatic imine (C=N–C) groups is 1. The first-order chi connectivity index (χ1) is 15.3. The molecule has 31 heavy (non-hydrogen) atoms. The summed E-state index contributed by atoms with van der Waals surface area (Å²) in [5.41, 5.74) is 1.09. The molecule has 168 valence electrons. The van der Waals surface area contributed by atoms with Crippen molar-refractivity contribution in [3.8, 4) is 0 Å². The second-order valence-electron chi connectivity index (χ2n) is 7.44. The average Bonchev–Trinajstić information content (AvgIpc) is 2.82. The summed E-state index contributed by atoms with van der Waals surface area (Å²) in [4.78, 5) is 11.0. The lowest BCUT2D eigenvalue weighted by Crippen LogP contribution is -2.46. The number of aromatic nitrogens is 1. The Morgan fingerprint density at radius 2 is 1.87 bits per heavy atom. The molecule has 0 saturated carbocycles. The van der Waals surface area contributed by atoms with Crippen molar-refractivity contribution in [2.45, 2.75) is 18.9 Å². The number of anilines is 1. The molecule has 1 fully saturated rings. The minimum atomic E-state index is -0.215. The molecule has 0 bridgehead atoms. The van der Waals surface area contributed by atoms with Crippen molar-refractivity contribution in [1.29, 1.82) is 0 Å². The Hall–Kier alpha value is -2.71. The Balaban J connectivity index is 1.42. The summed E-state index contributed by atoms with van der Waals surface area (Å²) in [6.45, 7) is 5.57. The van der Waals surface area contributed by atoms with Crippen LogP contribution in [0.15, 0.2) is 53.7 Å². The number of ether oxygens (including phenoxy) is 1. The van der Waals surface area contributed by atoms with Gasteiger partial charge in [-0.1, -0.05) is 18.2 Å². The van der Waals surface area contributed by atoms with Crippen molar-refractivity contribution in [2.24, 2.45) is 4.99 Å². The lowest BCUT2D eigenvalue weighted by molar-refractivity contribution is 0.0170. The average molecular weight is 429 g/mol. The predicted molar refractivity (Wildman–Crippen MR) is 123 cm³/mol. The summed E-state index contributed by atoms with van der Waals surface area (Å²) in [7, 11) is 1.78. The summed E-state index contributed by atoms with van der Waals surface area (Å²) >= 11 is 0. The summed E-state index contributed by atoms with van der Waals surface area (Å²) in [6.07, 6.45) is 3.84. The maximum Gasteiger partial charge on any atom is 0.191 e. The molecule has 3 N–H and O–H groups in total. The number of benzene rings is 1. The molecule has 2 heterocycles. The van der Waals surface area contributed by atoms with E-state index in [1.54, 1.807) is 13.2 Å². The molecule has 1 aromatic heterocycles. The molecule has 1 saturated heterocycles.